The third-order valence-corrected chi connectivity index (χ3v) is 4.11. The normalized spacial score (nSPS) is 12.3. The summed E-state index contributed by atoms with van der Waals surface area (Å²) in [6.07, 6.45) is 1.53. The largest absolute Gasteiger partial charge is 0.494 e. The molecule has 0 amide bonds. The second kappa shape index (κ2) is 5.65. The van der Waals surface area contributed by atoms with Gasteiger partial charge in [0.05, 0.1) is 18.5 Å². The molecule has 1 N–H and O–H groups in total. The zero-order chi connectivity index (χ0) is 14.8. The molecule has 2 aromatic heterocycles. The number of benzene rings is 1. The SMILES string of the molecule is COc1ccc([C@@H](C)Nc2ncnc3sccc23)cc1F. The second-order valence-electron chi connectivity index (χ2n) is 4.62. The zero-order valence-corrected chi connectivity index (χ0v) is 12.4. The lowest BCUT2D eigenvalue weighted by molar-refractivity contribution is 0.386. The monoisotopic (exact) mass is 303 g/mol. The van der Waals surface area contributed by atoms with Crippen LogP contribution >= 0.6 is 11.3 Å². The van der Waals surface area contributed by atoms with Crippen LogP contribution in [0.2, 0.25) is 0 Å². The number of thiophene rings is 1. The molecule has 1 aromatic carbocycles. The van der Waals surface area contributed by atoms with Gasteiger partial charge < -0.3 is 10.1 Å². The predicted octanol–water partition coefficient (Wildman–Crippen LogP) is 4.01. The molecule has 0 aliphatic heterocycles. The molecule has 0 aliphatic rings. The van der Waals surface area contributed by atoms with Gasteiger partial charge in [-0.3, -0.25) is 0 Å². The van der Waals surface area contributed by atoms with Gasteiger partial charge >= 0.3 is 0 Å². The maximum atomic E-state index is 13.8. The Morgan fingerprint density at radius 3 is 2.90 bits per heavy atom. The Labute approximate surface area is 125 Å². The van der Waals surface area contributed by atoms with E-state index in [-0.39, 0.29) is 17.6 Å². The fraction of sp³-hybridized carbons (Fsp3) is 0.200. The van der Waals surface area contributed by atoms with Crippen molar-refractivity contribution in [1.29, 1.82) is 0 Å². The zero-order valence-electron chi connectivity index (χ0n) is 11.6. The fourth-order valence-corrected chi connectivity index (χ4v) is 2.88. The van der Waals surface area contributed by atoms with Crippen LogP contribution in [0.5, 0.6) is 5.75 Å². The Morgan fingerprint density at radius 2 is 2.14 bits per heavy atom. The van der Waals surface area contributed by atoms with Crippen molar-refractivity contribution in [3.05, 3.63) is 47.4 Å². The molecule has 4 nitrogen and oxygen atoms in total. The first-order chi connectivity index (χ1) is 10.2. The van der Waals surface area contributed by atoms with Crippen LogP contribution in [0.4, 0.5) is 10.2 Å². The van der Waals surface area contributed by atoms with Crippen molar-refractivity contribution in [2.75, 3.05) is 12.4 Å². The first-order valence-electron chi connectivity index (χ1n) is 6.47. The number of methoxy groups -OCH3 is 1. The molecule has 0 spiro atoms. The van der Waals surface area contributed by atoms with E-state index in [4.69, 9.17) is 4.74 Å². The van der Waals surface area contributed by atoms with Crippen LogP contribution in [0.1, 0.15) is 18.5 Å². The van der Waals surface area contributed by atoms with Gasteiger partial charge in [0.1, 0.15) is 17.0 Å². The Morgan fingerprint density at radius 1 is 1.29 bits per heavy atom. The van der Waals surface area contributed by atoms with E-state index in [9.17, 15) is 4.39 Å². The summed E-state index contributed by atoms with van der Waals surface area (Å²) in [5.41, 5.74) is 0.829. The molecule has 0 fully saturated rings. The number of halogens is 1. The van der Waals surface area contributed by atoms with Crippen LogP contribution in [-0.4, -0.2) is 17.1 Å². The van der Waals surface area contributed by atoms with E-state index in [0.29, 0.717) is 0 Å². The van der Waals surface area contributed by atoms with Gasteiger partial charge in [0.2, 0.25) is 0 Å². The molecule has 0 bridgehead atoms. The highest BCUT2D eigenvalue weighted by atomic mass is 32.1. The van der Waals surface area contributed by atoms with Crippen LogP contribution in [0.25, 0.3) is 10.2 Å². The molecule has 3 rings (SSSR count). The molecule has 0 saturated heterocycles. The highest BCUT2D eigenvalue weighted by Gasteiger charge is 2.12. The number of hydrogen-bond donors (Lipinski definition) is 1. The lowest BCUT2D eigenvalue weighted by atomic mass is 10.1. The number of ether oxygens (including phenoxy) is 1. The average molecular weight is 303 g/mol. The number of fused-ring (bicyclic) bond motifs is 1. The lowest BCUT2D eigenvalue weighted by Gasteiger charge is -2.16. The van der Waals surface area contributed by atoms with Gasteiger partial charge in [0, 0.05) is 0 Å². The van der Waals surface area contributed by atoms with Crippen molar-refractivity contribution >= 4 is 27.4 Å². The van der Waals surface area contributed by atoms with E-state index in [1.54, 1.807) is 17.4 Å². The van der Waals surface area contributed by atoms with Crippen LogP contribution in [-0.2, 0) is 0 Å². The molecular weight excluding hydrogens is 289 g/mol. The van der Waals surface area contributed by atoms with Crippen LogP contribution in [0.3, 0.4) is 0 Å². The Kier molecular flexibility index (Phi) is 3.70. The summed E-state index contributed by atoms with van der Waals surface area (Å²) in [5, 5.41) is 6.25. The standard InChI is InChI=1S/C15H14FN3OS/c1-9(10-3-4-13(20-2)12(16)7-10)19-14-11-5-6-21-15(11)18-8-17-14/h3-9H,1-2H3,(H,17,18,19)/t9-/m1/s1. The molecule has 0 unspecified atom stereocenters. The van der Waals surface area contributed by atoms with Gasteiger partial charge in [-0.15, -0.1) is 11.3 Å². The highest BCUT2D eigenvalue weighted by molar-refractivity contribution is 7.16. The van der Waals surface area contributed by atoms with Crippen LogP contribution < -0.4 is 10.1 Å². The molecule has 108 valence electrons. The Bertz CT molecular complexity index is 774. The van der Waals surface area contributed by atoms with Gasteiger partial charge in [0.25, 0.3) is 0 Å². The molecule has 0 aliphatic carbocycles. The summed E-state index contributed by atoms with van der Waals surface area (Å²) in [6, 6.07) is 6.84. The summed E-state index contributed by atoms with van der Waals surface area (Å²) in [4.78, 5) is 9.41. The van der Waals surface area contributed by atoms with Gasteiger partial charge in [0.15, 0.2) is 11.6 Å². The number of rotatable bonds is 4. The topological polar surface area (TPSA) is 47.0 Å². The van der Waals surface area contributed by atoms with Crippen molar-refractivity contribution < 1.29 is 9.13 Å². The van der Waals surface area contributed by atoms with E-state index in [1.165, 1.54) is 19.5 Å². The minimum Gasteiger partial charge on any atom is -0.494 e. The third kappa shape index (κ3) is 2.67. The van der Waals surface area contributed by atoms with Crippen molar-refractivity contribution in [3.63, 3.8) is 0 Å². The summed E-state index contributed by atoms with van der Waals surface area (Å²) < 4.78 is 18.7. The molecule has 0 radical (unpaired) electrons. The summed E-state index contributed by atoms with van der Waals surface area (Å²) in [7, 11) is 1.45. The van der Waals surface area contributed by atoms with Crippen molar-refractivity contribution in [1.82, 2.24) is 9.97 Å². The first kappa shape index (κ1) is 13.8. The quantitative estimate of drug-likeness (QED) is 0.791. The summed E-state index contributed by atoms with van der Waals surface area (Å²) >= 11 is 1.56. The number of aromatic nitrogens is 2. The minimum absolute atomic E-state index is 0.0802. The molecule has 3 aromatic rings. The van der Waals surface area contributed by atoms with Gasteiger partial charge in [-0.1, -0.05) is 6.07 Å². The lowest BCUT2D eigenvalue weighted by Crippen LogP contribution is -2.08. The van der Waals surface area contributed by atoms with E-state index in [0.717, 1.165) is 21.6 Å². The highest BCUT2D eigenvalue weighted by Crippen LogP contribution is 2.28. The molecule has 1 atom stereocenters. The molecular formula is C15H14FN3OS. The fourth-order valence-electron chi connectivity index (χ4n) is 2.15. The number of anilines is 1. The minimum atomic E-state index is -0.369. The van der Waals surface area contributed by atoms with Gasteiger partial charge in [-0.25, -0.2) is 14.4 Å². The first-order valence-corrected chi connectivity index (χ1v) is 7.35. The number of hydrogen-bond acceptors (Lipinski definition) is 5. The summed E-state index contributed by atoms with van der Waals surface area (Å²) in [5.74, 6) is 0.630. The van der Waals surface area contributed by atoms with Crippen LogP contribution in [0.15, 0.2) is 36.0 Å². The van der Waals surface area contributed by atoms with Crippen molar-refractivity contribution in [2.45, 2.75) is 13.0 Å². The number of nitrogens with zero attached hydrogens (tertiary/aromatic N) is 2. The number of nitrogens with one attached hydrogen (secondary N) is 1. The average Bonchev–Trinajstić information content (AvgIpc) is 2.96. The van der Waals surface area contributed by atoms with Crippen molar-refractivity contribution in [2.24, 2.45) is 0 Å². The van der Waals surface area contributed by atoms with E-state index in [2.05, 4.69) is 15.3 Å². The molecule has 6 heteroatoms. The maximum absolute atomic E-state index is 13.8. The predicted molar refractivity (Wildman–Crippen MR) is 82.4 cm³/mol. The smallest absolute Gasteiger partial charge is 0.165 e. The third-order valence-electron chi connectivity index (χ3n) is 3.29. The van der Waals surface area contributed by atoms with Gasteiger partial charge in [-0.05, 0) is 36.1 Å². The maximum Gasteiger partial charge on any atom is 0.165 e. The molecule has 21 heavy (non-hydrogen) atoms. The van der Waals surface area contributed by atoms with Gasteiger partial charge in [-0.2, -0.15) is 0 Å². The molecule has 0 saturated carbocycles. The van der Waals surface area contributed by atoms with E-state index >= 15 is 0 Å². The van der Waals surface area contributed by atoms with Crippen LogP contribution in [0, 0.1) is 5.82 Å². The van der Waals surface area contributed by atoms with E-state index in [1.807, 2.05) is 24.4 Å². The Hall–Kier alpha value is -2.21. The van der Waals surface area contributed by atoms with E-state index < -0.39 is 0 Å². The molecule has 2 heterocycles. The second-order valence-corrected chi connectivity index (χ2v) is 5.52. The van der Waals surface area contributed by atoms with Crippen molar-refractivity contribution in [3.8, 4) is 5.75 Å². The summed E-state index contributed by atoms with van der Waals surface area (Å²) in [6.45, 7) is 1.96. The Balaban J connectivity index is 1.87.